The van der Waals surface area contributed by atoms with Crippen molar-refractivity contribution in [1.29, 1.82) is 0 Å². The minimum atomic E-state index is -0.872. The molecule has 0 amide bonds. The minimum absolute atomic E-state index is 0.374. The van der Waals surface area contributed by atoms with Gasteiger partial charge in [-0.15, -0.1) is 0 Å². The van der Waals surface area contributed by atoms with Crippen LogP contribution in [0.15, 0.2) is 36.4 Å². The number of fused-ring (bicyclic) bond motifs is 3. The Balaban J connectivity index is 1.49. The molecule has 0 atom stereocenters. The van der Waals surface area contributed by atoms with Gasteiger partial charge in [0.05, 0.1) is 6.61 Å². The van der Waals surface area contributed by atoms with Gasteiger partial charge in [-0.3, -0.25) is 0 Å². The molecule has 0 saturated heterocycles. The fraction of sp³-hybridized carbons (Fsp3) is 0.364. The molecule has 0 radical (unpaired) electrons. The van der Waals surface area contributed by atoms with Crippen LogP contribution in [0.3, 0.4) is 0 Å². The molecule has 1 aliphatic rings. The molecule has 0 N–H and O–H groups in total. The van der Waals surface area contributed by atoms with E-state index >= 15 is 0 Å². The molecule has 1 aliphatic carbocycles. The lowest BCUT2D eigenvalue weighted by Gasteiger charge is -2.16. The van der Waals surface area contributed by atoms with Crippen molar-refractivity contribution in [1.82, 2.24) is 4.57 Å². The molecule has 0 fully saturated rings. The standard InChI is InChI=1S/C22H23F2NO/c1-15-7-10-22-18(13-15)17-5-2-3-6-21(17)25(22)11-4-12-26-16-8-9-19(23)20(24)14-16/h7-10,13-14H,2-6,11-12H2,1H3. The Morgan fingerprint density at radius 3 is 2.69 bits per heavy atom. The zero-order chi connectivity index (χ0) is 18.1. The predicted octanol–water partition coefficient (Wildman–Crippen LogP) is 5.58. The fourth-order valence-corrected chi connectivity index (χ4v) is 3.98. The number of nitrogens with zero attached hydrogens (tertiary/aromatic N) is 1. The van der Waals surface area contributed by atoms with Crippen LogP contribution in [0.25, 0.3) is 10.9 Å². The van der Waals surface area contributed by atoms with Crippen molar-refractivity contribution in [2.45, 2.75) is 45.6 Å². The molecule has 2 nitrogen and oxygen atoms in total. The highest BCUT2D eigenvalue weighted by atomic mass is 19.2. The number of hydrogen-bond acceptors (Lipinski definition) is 1. The van der Waals surface area contributed by atoms with E-state index in [2.05, 4.69) is 29.7 Å². The van der Waals surface area contributed by atoms with Gasteiger partial charge in [-0.1, -0.05) is 11.6 Å². The van der Waals surface area contributed by atoms with Crippen LogP contribution in [-0.4, -0.2) is 11.2 Å². The first-order valence-corrected chi connectivity index (χ1v) is 9.32. The second-order valence-electron chi connectivity index (χ2n) is 7.08. The van der Waals surface area contributed by atoms with Crippen LogP contribution in [0.2, 0.25) is 0 Å². The number of aromatic nitrogens is 1. The Morgan fingerprint density at radius 2 is 1.85 bits per heavy atom. The van der Waals surface area contributed by atoms with Gasteiger partial charge in [0.15, 0.2) is 11.6 Å². The van der Waals surface area contributed by atoms with Crippen molar-refractivity contribution in [2.75, 3.05) is 6.61 Å². The van der Waals surface area contributed by atoms with Crippen LogP contribution >= 0.6 is 0 Å². The van der Waals surface area contributed by atoms with Gasteiger partial charge in [-0.25, -0.2) is 8.78 Å². The number of hydrogen-bond donors (Lipinski definition) is 0. The van der Waals surface area contributed by atoms with Crippen LogP contribution in [0.1, 0.15) is 36.1 Å². The molecule has 4 rings (SSSR count). The third-order valence-electron chi connectivity index (χ3n) is 5.22. The summed E-state index contributed by atoms with van der Waals surface area (Å²) in [5.74, 6) is -1.35. The summed E-state index contributed by atoms with van der Waals surface area (Å²) in [5, 5.41) is 1.39. The summed E-state index contributed by atoms with van der Waals surface area (Å²) >= 11 is 0. The smallest absolute Gasteiger partial charge is 0.162 e. The van der Waals surface area contributed by atoms with Crippen molar-refractivity contribution >= 4 is 10.9 Å². The first-order chi connectivity index (χ1) is 12.6. The summed E-state index contributed by atoms with van der Waals surface area (Å²) in [6, 6.07) is 10.4. The Labute approximate surface area is 152 Å². The molecule has 0 bridgehead atoms. The average Bonchev–Trinajstić information content (AvgIpc) is 2.95. The number of aryl methyl sites for hydroxylation is 3. The van der Waals surface area contributed by atoms with Gasteiger partial charge in [0.1, 0.15) is 5.75 Å². The second-order valence-corrected chi connectivity index (χ2v) is 7.08. The predicted molar refractivity (Wildman–Crippen MR) is 99.8 cm³/mol. The molecule has 0 unspecified atom stereocenters. The number of ether oxygens (including phenoxy) is 1. The Kier molecular flexibility index (Phi) is 4.66. The zero-order valence-electron chi connectivity index (χ0n) is 15.0. The van der Waals surface area contributed by atoms with Gasteiger partial charge >= 0.3 is 0 Å². The highest BCUT2D eigenvalue weighted by Crippen LogP contribution is 2.33. The summed E-state index contributed by atoms with van der Waals surface area (Å²) < 4.78 is 34.2. The molecule has 0 aliphatic heterocycles. The highest BCUT2D eigenvalue weighted by molar-refractivity contribution is 5.86. The molecule has 136 valence electrons. The van der Waals surface area contributed by atoms with Crippen LogP contribution in [0.5, 0.6) is 5.75 Å². The molecular formula is C22H23F2NO. The molecular weight excluding hydrogens is 332 g/mol. The number of rotatable bonds is 5. The van der Waals surface area contributed by atoms with Gasteiger partial charge in [0, 0.05) is 29.2 Å². The van der Waals surface area contributed by atoms with Crippen molar-refractivity contribution in [2.24, 2.45) is 0 Å². The second kappa shape index (κ2) is 7.10. The van der Waals surface area contributed by atoms with E-state index in [-0.39, 0.29) is 0 Å². The van der Waals surface area contributed by atoms with Crippen LogP contribution in [0, 0.1) is 18.6 Å². The Hall–Kier alpha value is -2.36. The third kappa shape index (κ3) is 3.20. The largest absolute Gasteiger partial charge is 0.493 e. The SMILES string of the molecule is Cc1ccc2c(c1)c1c(n2CCCOc2ccc(F)c(F)c2)CCCC1. The van der Waals surface area contributed by atoms with Crippen LogP contribution < -0.4 is 4.74 Å². The van der Waals surface area contributed by atoms with E-state index in [9.17, 15) is 8.78 Å². The molecule has 1 aromatic heterocycles. The van der Waals surface area contributed by atoms with Crippen molar-refractivity contribution in [3.05, 3.63) is 64.9 Å². The molecule has 0 spiro atoms. The van der Waals surface area contributed by atoms with E-state index in [4.69, 9.17) is 4.74 Å². The summed E-state index contributed by atoms with van der Waals surface area (Å²) in [6.45, 7) is 3.49. The average molecular weight is 355 g/mol. The lowest BCUT2D eigenvalue weighted by molar-refractivity contribution is 0.299. The molecule has 4 heteroatoms. The summed E-state index contributed by atoms with van der Waals surface area (Å²) in [5.41, 5.74) is 5.57. The lowest BCUT2D eigenvalue weighted by atomic mass is 9.95. The molecule has 3 aromatic rings. The maximum Gasteiger partial charge on any atom is 0.162 e. The molecule has 0 saturated carbocycles. The van der Waals surface area contributed by atoms with Gasteiger partial charge < -0.3 is 9.30 Å². The summed E-state index contributed by atoms with van der Waals surface area (Å²) in [7, 11) is 0. The van der Waals surface area contributed by atoms with E-state index in [1.54, 1.807) is 0 Å². The summed E-state index contributed by atoms with van der Waals surface area (Å²) in [4.78, 5) is 0. The lowest BCUT2D eigenvalue weighted by Crippen LogP contribution is -2.10. The monoisotopic (exact) mass is 355 g/mol. The molecule has 2 aromatic carbocycles. The molecule has 26 heavy (non-hydrogen) atoms. The molecule has 1 heterocycles. The summed E-state index contributed by atoms with van der Waals surface area (Å²) in [6.07, 6.45) is 5.62. The maximum absolute atomic E-state index is 13.2. The highest BCUT2D eigenvalue weighted by Gasteiger charge is 2.19. The van der Waals surface area contributed by atoms with Gasteiger partial charge in [-0.05, 0) is 68.9 Å². The maximum atomic E-state index is 13.2. The van der Waals surface area contributed by atoms with E-state index in [0.717, 1.165) is 37.9 Å². The minimum Gasteiger partial charge on any atom is -0.493 e. The van der Waals surface area contributed by atoms with Gasteiger partial charge in [0.25, 0.3) is 0 Å². The topological polar surface area (TPSA) is 14.2 Å². The number of benzene rings is 2. The fourth-order valence-electron chi connectivity index (χ4n) is 3.98. The third-order valence-corrected chi connectivity index (χ3v) is 5.22. The first-order valence-electron chi connectivity index (χ1n) is 9.32. The van der Waals surface area contributed by atoms with Gasteiger partial charge in [0.2, 0.25) is 0 Å². The Morgan fingerprint density at radius 1 is 1.00 bits per heavy atom. The van der Waals surface area contributed by atoms with E-state index in [1.807, 2.05) is 0 Å². The van der Waals surface area contributed by atoms with Crippen LogP contribution in [0.4, 0.5) is 8.78 Å². The van der Waals surface area contributed by atoms with Gasteiger partial charge in [-0.2, -0.15) is 0 Å². The normalized spacial score (nSPS) is 13.8. The first kappa shape index (κ1) is 17.1. The van der Waals surface area contributed by atoms with Crippen molar-refractivity contribution in [3.63, 3.8) is 0 Å². The zero-order valence-corrected chi connectivity index (χ0v) is 15.0. The Bertz CT molecular complexity index is 945. The van der Waals surface area contributed by atoms with E-state index in [1.165, 1.54) is 46.6 Å². The van der Waals surface area contributed by atoms with E-state index < -0.39 is 11.6 Å². The van der Waals surface area contributed by atoms with Crippen molar-refractivity contribution in [3.8, 4) is 5.75 Å². The number of halogens is 2. The van der Waals surface area contributed by atoms with Crippen LogP contribution in [-0.2, 0) is 19.4 Å². The van der Waals surface area contributed by atoms with Crippen molar-refractivity contribution < 1.29 is 13.5 Å². The van der Waals surface area contributed by atoms with E-state index in [0.29, 0.717) is 12.4 Å². The quantitative estimate of drug-likeness (QED) is 0.545.